The van der Waals surface area contributed by atoms with Crippen molar-refractivity contribution in [3.05, 3.63) is 82.9 Å². The molecule has 1 aromatic heterocycles. The minimum absolute atomic E-state index is 0.171. The van der Waals surface area contributed by atoms with Crippen LogP contribution in [0.3, 0.4) is 0 Å². The molecule has 4 N–H and O–H groups in total. The number of hydrogen-bond donors (Lipinski definition) is 2. The molecule has 0 unspecified atom stereocenters. The number of nitrogens with zero attached hydrogens (tertiary/aromatic N) is 1. The minimum atomic E-state index is -4.52. The third kappa shape index (κ3) is 3.26. The summed E-state index contributed by atoms with van der Waals surface area (Å²) in [4.78, 5) is 23.4. The molecule has 0 saturated heterocycles. The summed E-state index contributed by atoms with van der Waals surface area (Å²) in [5, 5.41) is 0.971. The van der Waals surface area contributed by atoms with Crippen LogP contribution in [0.4, 0.5) is 13.2 Å². The standard InChI is InChI=1S/C22H16F3N3O2/c23-22(24,25)14-7-8-15-18(10-14)28(11-12-3-1-4-13(9-12)20(26)29)17-6-2-5-16(19(15)17)21(27)30/h1-10H,11H2,(H2,26,29)(H2,27,30). The molecule has 0 aliphatic rings. The molecule has 0 fully saturated rings. The van der Waals surface area contributed by atoms with E-state index >= 15 is 0 Å². The first kappa shape index (κ1) is 19.5. The number of benzene rings is 3. The van der Waals surface area contributed by atoms with Crippen molar-refractivity contribution in [3.63, 3.8) is 0 Å². The highest BCUT2D eigenvalue weighted by Crippen LogP contribution is 2.37. The molecule has 3 aromatic carbocycles. The largest absolute Gasteiger partial charge is 0.416 e. The molecule has 0 radical (unpaired) electrons. The predicted molar refractivity (Wildman–Crippen MR) is 107 cm³/mol. The molecule has 152 valence electrons. The average molecular weight is 411 g/mol. The number of rotatable bonds is 4. The quantitative estimate of drug-likeness (QED) is 0.530. The average Bonchev–Trinajstić information content (AvgIpc) is 3.00. The lowest BCUT2D eigenvalue weighted by Gasteiger charge is -2.11. The zero-order valence-corrected chi connectivity index (χ0v) is 15.5. The minimum Gasteiger partial charge on any atom is -0.366 e. The van der Waals surface area contributed by atoms with E-state index in [2.05, 4.69) is 0 Å². The second-order valence-corrected chi connectivity index (χ2v) is 6.94. The molecule has 0 aliphatic carbocycles. The molecule has 0 aliphatic heterocycles. The maximum atomic E-state index is 13.3. The van der Waals surface area contributed by atoms with Gasteiger partial charge in [-0.15, -0.1) is 0 Å². The fraction of sp³-hybridized carbons (Fsp3) is 0.0909. The Morgan fingerprint density at radius 1 is 0.867 bits per heavy atom. The van der Waals surface area contributed by atoms with E-state index in [1.807, 2.05) is 0 Å². The highest BCUT2D eigenvalue weighted by atomic mass is 19.4. The maximum Gasteiger partial charge on any atom is 0.416 e. The smallest absolute Gasteiger partial charge is 0.366 e. The molecule has 0 bridgehead atoms. The van der Waals surface area contributed by atoms with Crippen LogP contribution in [0, 0.1) is 0 Å². The number of fused-ring (bicyclic) bond motifs is 3. The van der Waals surface area contributed by atoms with E-state index in [0.29, 0.717) is 32.9 Å². The molecule has 30 heavy (non-hydrogen) atoms. The summed E-state index contributed by atoms with van der Waals surface area (Å²) in [6.45, 7) is 0.171. The number of halogens is 3. The van der Waals surface area contributed by atoms with Gasteiger partial charge in [-0.3, -0.25) is 9.59 Å². The van der Waals surface area contributed by atoms with Gasteiger partial charge < -0.3 is 16.0 Å². The molecule has 0 spiro atoms. The number of amides is 2. The van der Waals surface area contributed by atoms with Gasteiger partial charge in [-0.05, 0) is 42.0 Å². The summed E-state index contributed by atoms with van der Waals surface area (Å²) in [6, 6.07) is 14.8. The van der Waals surface area contributed by atoms with Crippen molar-refractivity contribution in [2.75, 3.05) is 0 Å². The molecule has 2 amide bonds. The van der Waals surface area contributed by atoms with Crippen molar-refractivity contribution in [2.24, 2.45) is 11.5 Å². The Bertz CT molecular complexity index is 1320. The van der Waals surface area contributed by atoms with Crippen LogP contribution < -0.4 is 11.5 Å². The molecular weight excluding hydrogens is 395 g/mol. The number of aromatic nitrogens is 1. The van der Waals surface area contributed by atoms with E-state index in [-0.39, 0.29) is 12.1 Å². The van der Waals surface area contributed by atoms with Gasteiger partial charge >= 0.3 is 6.18 Å². The third-order valence-corrected chi connectivity index (χ3v) is 5.04. The van der Waals surface area contributed by atoms with E-state index in [1.165, 1.54) is 6.07 Å². The molecule has 0 atom stereocenters. The van der Waals surface area contributed by atoms with Crippen LogP contribution in [-0.2, 0) is 12.7 Å². The lowest BCUT2D eigenvalue weighted by molar-refractivity contribution is -0.137. The Balaban J connectivity index is 2.02. The number of primary amides is 2. The zero-order valence-electron chi connectivity index (χ0n) is 15.5. The number of hydrogen-bond acceptors (Lipinski definition) is 2. The molecular formula is C22H16F3N3O2. The van der Waals surface area contributed by atoms with Crippen LogP contribution in [-0.4, -0.2) is 16.4 Å². The second kappa shape index (κ2) is 6.91. The molecule has 5 nitrogen and oxygen atoms in total. The fourth-order valence-corrected chi connectivity index (χ4v) is 3.70. The Morgan fingerprint density at radius 3 is 2.27 bits per heavy atom. The van der Waals surface area contributed by atoms with Crippen LogP contribution in [0.25, 0.3) is 21.8 Å². The lowest BCUT2D eigenvalue weighted by atomic mass is 10.0. The Labute approximate surface area is 168 Å². The Morgan fingerprint density at radius 2 is 1.60 bits per heavy atom. The Hall–Kier alpha value is -3.81. The number of nitrogens with two attached hydrogens (primary N) is 2. The van der Waals surface area contributed by atoms with Gasteiger partial charge in [0.25, 0.3) is 0 Å². The van der Waals surface area contributed by atoms with E-state index in [4.69, 9.17) is 11.5 Å². The van der Waals surface area contributed by atoms with Crippen molar-refractivity contribution in [2.45, 2.75) is 12.7 Å². The summed E-state index contributed by atoms with van der Waals surface area (Å²) in [6.07, 6.45) is -4.52. The van der Waals surface area contributed by atoms with Gasteiger partial charge in [0, 0.05) is 28.4 Å². The topological polar surface area (TPSA) is 91.1 Å². The summed E-state index contributed by atoms with van der Waals surface area (Å²) in [5.41, 5.74) is 12.1. The molecule has 0 saturated carbocycles. The van der Waals surface area contributed by atoms with Crippen LogP contribution in [0.15, 0.2) is 60.7 Å². The normalized spacial score (nSPS) is 11.8. The monoisotopic (exact) mass is 411 g/mol. The fourth-order valence-electron chi connectivity index (χ4n) is 3.70. The van der Waals surface area contributed by atoms with Crippen molar-refractivity contribution in [1.82, 2.24) is 4.57 Å². The van der Waals surface area contributed by atoms with Crippen molar-refractivity contribution in [1.29, 1.82) is 0 Å². The maximum absolute atomic E-state index is 13.3. The highest BCUT2D eigenvalue weighted by molar-refractivity contribution is 6.18. The third-order valence-electron chi connectivity index (χ3n) is 5.04. The van der Waals surface area contributed by atoms with Gasteiger partial charge in [-0.1, -0.05) is 24.3 Å². The number of carbonyl (C=O) groups is 2. The van der Waals surface area contributed by atoms with E-state index in [1.54, 1.807) is 47.0 Å². The Kier molecular flexibility index (Phi) is 4.49. The predicted octanol–water partition coefficient (Wildman–Crippen LogP) is 4.06. The van der Waals surface area contributed by atoms with Gasteiger partial charge in [0.15, 0.2) is 0 Å². The summed E-state index contributed by atoms with van der Waals surface area (Å²) in [7, 11) is 0. The summed E-state index contributed by atoms with van der Waals surface area (Å²) >= 11 is 0. The zero-order chi connectivity index (χ0) is 21.6. The molecule has 4 aromatic rings. The van der Waals surface area contributed by atoms with Crippen molar-refractivity contribution in [3.8, 4) is 0 Å². The first-order chi connectivity index (χ1) is 14.2. The SMILES string of the molecule is NC(=O)c1cccc(Cn2c3cc(C(F)(F)F)ccc3c3c(C(N)=O)cccc32)c1. The lowest BCUT2D eigenvalue weighted by Crippen LogP contribution is -2.12. The highest BCUT2D eigenvalue weighted by Gasteiger charge is 2.31. The van der Waals surface area contributed by atoms with E-state index < -0.39 is 23.6 Å². The van der Waals surface area contributed by atoms with Gasteiger partial charge in [0.2, 0.25) is 11.8 Å². The van der Waals surface area contributed by atoms with Gasteiger partial charge in [0.1, 0.15) is 0 Å². The summed E-state index contributed by atoms with van der Waals surface area (Å²) in [5.74, 6) is -1.27. The van der Waals surface area contributed by atoms with Crippen molar-refractivity contribution < 1.29 is 22.8 Å². The first-order valence-corrected chi connectivity index (χ1v) is 8.97. The summed E-state index contributed by atoms with van der Waals surface area (Å²) < 4.78 is 41.7. The van der Waals surface area contributed by atoms with Gasteiger partial charge in [0.05, 0.1) is 16.6 Å². The second-order valence-electron chi connectivity index (χ2n) is 6.94. The molecule has 1 heterocycles. The van der Waals surface area contributed by atoms with Crippen LogP contribution in [0.1, 0.15) is 31.8 Å². The van der Waals surface area contributed by atoms with Crippen LogP contribution in [0.2, 0.25) is 0 Å². The van der Waals surface area contributed by atoms with E-state index in [0.717, 1.165) is 12.1 Å². The first-order valence-electron chi connectivity index (χ1n) is 8.97. The molecule has 8 heteroatoms. The van der Waals surface area contributed by atoms with E-state index in [9.17, 15) is 22.8 Å². The van der Waals surface area contributed by atoms with Gasteiger partial charge in [-0.2, -0.15) is 13.2 Å². The number of carbonyl (C=O) groups excluding carboxylic acids is 2. The van der Waals surface area contributed by atoms with Gasteiger partial charge in [-0.25, -0.2) is 0 Å². The molecule has 4 rings (SSSR count). The number of alkyl halides is 3. The van der Waals surface area contributed by atoms with Crippen molar-refractivity contribution >= 4 is 33.6 Å². The van der Waals surface area contributed by atoms with Crippen LogP contribution >= 0.6 is 0 Å². The van der Waals surface area contributed by atoms with Crippen LogP contribution in [0.5, 0.6) is 0 Å².